The molecule has 1 fully saturated rings. The minimum atomic E-state index is 1.25. The molecular formula is C7H11. The third-order valence-electron chi connectivity index (χ3n) is 1.25. The lowest BCUT2D eigenvalue weighted by molar-refractivity contribution is 1.18. The van der Waals surface area contributed by atoms with Gasteiger partial charge in [0.15, 0.2) is 0 Å². The predicted molar refractivity (Wildman–Crippen MR) is 31.9 cm³/mol. The molecule has 0 unspecified atom stereocenters. The van der Waals surface area contributed by atoms with Gasteiger partial charge >= 0.3 is 0 Å². The molecule has 0 atom stereocenters. The zero-order chi connectivity index (χ0) is 5.11. The molecule has 0 nitrogen and oxygen atoms in total. The summed E-state index contributed by atoms with van der Waals surface area (Å²) in [6, 6.07) is 0. The van der Waals surface area contributed by atoms with Crippen LogP contribution in [0.4, 0.5) is 0 Å². The SMILES string of the molecule is CC=CC[C]1CC1. The molecule has 0 aromatic rings. The van der Waals surface area contributed by atoms with Crippen molar-refractivity contribution in [1.82, 2.24) is 0 Å². The Balaban J connectivity index is 1.98. The summed E-state index contributed by atoms with van der Waals surface area (Å²) < 4.78 is 0. The maximum atomic E-state index is 2.22. The molecule has 1 radical (unpaired) electrons. The molecule has 0 aromatic carbocycles. The number of hydrogen-bond acceptors (Lipinski definition) is 0. The minimum absolute atomic E-state index is 1.25. The van der Waals surface area contributed by atoms with Crippen LogP contribution < -0.4 is 0 Å². The van der Waals surface area contributed by atoms with Crippen molar-refractivity contribution in [1.29, 1.82) is 0 Å². The molecule has 0 spiro atoms. The summed E-state index contributed by atoms with van der Waals surface area (Å²) in [5.41, 5.74) is 0. The van der Waals surface area contributed by atoms with Crippen molar-refractivity contribution >= 4 is 0 Å². The third kappa shape index (κ3) is 1.77. The fourth-order valence-electron chi connectivity index (χ4n) is 0.577. The first-order valence-corrected chi connectivity index (χ1v) is 2.88. The van der Waals surface area contributed by atoms with Crippen LogP contribution in [0, 0.1) is 5.92 Å². The number of allylic oxidation sites excluding steroid dienone is 2. The average molecular weight is 95.2 g/mol. The van der Waals surface area contributed by atoms with E-state index in [1.54, 1.807) is 5.92 Å². The van der Waals surface area contributed by atoms with E-state index in [9.17, 15) is 0 Å². The fourth-order valence-corrected chi connectivity index (χ4v) is 0.577. The van der Waals surface area contributed by atoms with Gasteiger partial charge in [0, 0.05) is 0 Å². The van der Waals surface area contributed by atoms with E-state index in [2.05, 4.69) is 19.1 Å². The van der Waals surface area contributed by atoms with Crippen molar-refractivity contribution in [2.24, 2.45) is 0 Å². The molecule has 0 bridgehead atoms. The maximum absolute atomic E-state index is 2.22. The second kappa shape index (κ2) is 2.15. The molecule has 0 aliphatic heterocycles. The summed E-state index contributed by atoms with van der Waals surface area (Å²) in [6.07, 6.45) is 8.37. The number of rotatable bonds is 2. The highest BCUT2D eigenvalue weighted by molar-refractivity contribution is 5.09. The molecule has 0 heteroatoms. The first-order chi connectivity index (χ1) is 3.43. The quantitative estimate of drug-likeness (QED) is 0.462. The van der Waals surface area contributed by atoms with Crippen LogP contribution in [-0.2, 0) is 0 Å². The molecular weight excluding hydrogens is 84.1 g/mol. The lowest BCUT2D eigenvalue weighted by atomic mass is 10.3. The van der Waals surface area contributed by atoms with E-state index < -0.39 is 0 Å². The normalized spacial score (nSPS) is 21.3. The van der Waals surface area contributed by atoms with Gasteiger partial charge in [-0.25, -0.2) is 0 Å². The first kappa shape index (κ1) is 4.89. The van der Waals surface area contributed by atoms with Crippen molar-refractivity contribution < 1.29 is 0 Å². The van der Waals surface area contributed by atoms with Crippen LogP contribution in [-0.4, -0.2) is 0 Å². The zero-order valence-corrected chi connectivity index (χ0v) is 4.78. The molecule has 0 amide bonds. The molecule has 0 N–H and O–H groups in total. The summed E-state index contributed by atoms with van der Waals surface area (Å²) in [5.74, 6) is 1.72. The van der Waals surface area contributed by atoms with E-state index in [0.717, 1.165) is 0 Å². The Morgan fingerprint density at radius 2 is 2.29 bits per heavy atom. The van der Waals surface area contributed by atoms with Crippen LogP contribution in [0.3, 0.4) is 0 Å². The van der Waals surface area contributed by atoms with Crippen molar-refractivity contribution in [3.05, 3.63) is 18.1 Å². The largest absolute Gasteiger partial charge is 0.0916 e. The Bertz CT molecular complexity index is 68.1. The van der Waals surface area contributed by atoms with Gasteiger partial charge in [-0.3, -0.25) is 0 Å². The van der Waals surface area contributed by atoms with Gasteiger partial charge in [0.2, 0.25) is 0 Å². The van der Waals surface area contributed by atoms with Gasteiger partial charge in [-0.05, 0) is 32.1 Å². The number of hydrogen-bond donors (Lipinski definition) is 0. The highest BCUT2D eigenvalue weighted by Gasteiger charge is 2.19. The van der Waals surface area contributed by atoms with Crippen LogP contribution >= 0.6 is 0 Å². The van der Waals surface area contributed by atoms with Crippen LogP contribution in [0.15, 0.2) is 12.2 Å². The third-order valence-corrected chi connectivity index (χ3v) is 1.25. The Morgan fingerprint density at radius 3 is 2.71 bits per heavy atom. The minimum Gasteiger partial charge on any atom is -0.0916 e. The van der Waals surface area contributed by atoms with Gasteiger partial charge < -0.3 is 0 Å². The molecule has 1 saturated carbocycles. The van der Waals surface area contributed by atoms with Crippen LogP contribution in [0.1, 0.15) is 26.2 Å². The molecule has 0 aromatic heterocycles. The zero-order valence-electron chi connectivity index (χ0n) is 4.78. The smallest absolute Gasteiger partial charge is 0.0203 e. The molecule has 0 heterocycles. The van der Waals surface area contributed by atoms with Crippen LogP contribution in [0.25, 0.3) is 0 Å². The Hall–Kier alpha value is -0.260. The summed E-state index contributed by atoms with van der Waals surface area (Å²) in [7, 11) is 0. The molecule has 39 valence electrons. The van der Waals surface area contributed by atoms with Crippen LogP contribution in [0.2, 0.25) is 0 Å². The van der Waals surface area contributed by atoms with Crippen molar-refractivity contribution in [3.63, 3.8) is 0 Å². The second-order valence-corrected chi connectivity index (χ2v) is 2.02. The van der Waals surface area contributed by atoms with E-state index in [-0.39, 0.29) is 0 Å². The van der Waals surface area contributed by atoms with Gasteiger partial charge in [0.25, 0.3) is 0 Å². The van der Waals surface area contributed by atoms with Crippen molar-refractivity contribution in [2.75, 3.05) is 0 Å². The topological polar surface area (TPSA) is 0 Å². The van der Waals surface area contributed by atoms with Crippen molar-refractivity contribution in [3.8, 4) is 0 Å². The van der Waals surface area contributed by atoms with Gasteiger partial charge in [0.1, 0.15) is 0 Å². The van der Waals surface area contributed by atoms with E-state index >= 15 is 0 Å². The molecule has 1 aliphatic rings. The summed E-state index contributed by atoms with van der Waals surface area (Å²) in [4.78, 5) is 0. The Labute approximate surface area is 45.2 Å². The molecule has 0 saturated heterocycles. The first-order valence-electron chi connectivity index (χ1n) is 2.88. The van der Waals surface area contributed by atoms with Gasteiger partial charge in [0.05, 0.1) is 0 Å². The molecule has 1 rings (SSSR count). The standard InChI is InChI=1S/C7H11/c1-2-3-4-7-5-6-7/h2-3H,4-6H2,1H3. The van der Waals surface area contributed by atoms with E-state index in [1.807, 2.05) is 0 Å². The fraction of sp³-hybridized carbons (Fsp3) is 0.571. The van der Waals surface area contributed by atoms with Gasteiger partial charge in [-0.2, -0.15) is 0 Å². The highest BCUT2D eigenvalue weighted by Crippen LogP contribution is 2.35. The summed E-state index contributed by atoms with van der Waals surface area (Å²) in [6.45, 7) is 2.07. The Kier molecular flexibility index (Phi) is 1.50. The maximum Gasteiger partial charge on any atom is -0.0203 e. The lowest BCUT2D eigenvalue weighted by Gasteiger charge is -1.79. The van der Waals surface area contributed by atoms with E-state index in [0.29, 0.717) is 0 Å². The monoisotopic (exact) mass is 95.1 g/mol. The van der Waals surface area contributed by atoms with E-state index in [1.165, 1.54) is 19.3 Å². The second-order valence-electron chi connectivity index (χ2n) is 2.02. The highest BCUT2D eigenvalue weighted by atomic mass is 14.2. The average Bonchev–Trinajstić information content (AvgIpc) is 2.42. The Morgan fingerprint density at radius 1 is 1.57 bits per heavy atom. The van der Waals surface area contributed by atoms with Gasteiger partial charge in [-0.1, -0.05) is 12.2 Å². The van der Waals surface area contributed by atoms with E-state index in [4.69, 9.17) is 0 Å². The van der Waals surface area contributed by atoms with Crippen LogP contribution in [0.5, 0.6) is 0 Å². The van der Waals surface area contributed by atoms with Gasteiger partial charge in [-0.15, -0.1) is 0 Å². The van der Waals surface area contributed by atoms with Crippen molar-refractivity contribution in [2.45, 2.75) is 26.2 Å². The predicted octanol–water partition coefficient (Wildman–Crippen LogP) is 2.32. The molecule has 7 heavy (non-hydrogen) atoms. The lowest BCUT2D eigenvalue weighted by Crippen LogP contribution is -1.62. The summed E-state index contributed by atoms with van der Waals surface area (Å²) in [5, 5.41) is 0. The molecule has 1 aliphatic carbocycles. The summed E-state index contributed by atoms with van der Waals surface area (Å²) >= 11 is 0.